The van der Waals surface area contributed by atoms with Gasteiger partial charge in [0.05, 0.1) is 7.11 Å². The average Bonchev–Trinajstić information content (AvgIpc) is 2.24. The SMILES string of the molecule is C#CCCCC(=O)NCCNC(=O)OC. The molecule has 0 aromatic carbocycles. The van der Waals surface area contributed by atoms with E-state index in [2.05, 4.69) is 21.3 Å². The third-order valence-electron chi connectivity index (χ3n) is 1.63. The Hall–Kier alpha value is -1.70. The summed E-state index contributed by atoms with van der Waals surface area (Å²) in [4.78, 5) is 21.7. The molecule has 0 heterocycles. The molecule has 5 nitrogen and oxygen atoms in total. The highest BCUT2D eigenvalue weighted by Crippen LogP contribution is 1.92. The zero-order valence-corrected chi connectivity index (χ0v) is 8.84. The molecule has 0 saturated heterocycles. The van der Waals surface area contributed by atoms with E-state index in [0.717, 1.165) is 0 Å². The first-order valence-electron chi connectivity index (χ1n) is 4.72. The van der Waals surface area contributed by atoms with Crippen LogP contribution in [0.5, 0.6) is 0 Å². The average molecular weight is 212 g/mol. The molecular weight excluding hydrogens is 196 g/mol. The predicted molar refractivity (Wildman–Crippen MR) is 56.1 cm³/mol. The van der Waals surface area contributed by atoms with Crippen molar-refractivity contribution in [3.05, 3.63) is 0 Å². The number of methoxy groups -OCH3 is 1. The zero-order chi connectivity index (χ0) is 11.5. The van der Waals surface area contributed by atoms with Gasteiger partial charge in [-0.15, -0.1) is 12.3 Å². The number of amides is 2. The van der Waals surface area contributed by atoms with Crippen molar-refractivity contribution in [3.63, 3.8) is 0 Å². The Morgan fingerprint density at radius 2 is 2.00 bits per heavy atom. The maximum atomic E-state index is 11.1. The van der Waals surface area contributed by atoms with Crippen molar-refractivity contribution in [1.29, 1.82) is 0 Å². The maximum absolute atomic E-state index is 11.1. The van der Waals surface area contributed by atoms with E-state index in [0.29, 0.717) is 32.4 Å². The smallest absolute Gasteiger partial charge is 0.406 e. The first-order chi connectivity index (χ1) is 7.20. The molecule has 2 amide bonds. The van der Waals surface area contributed by atoms with Crippen molar-refractivity contribution < 1.29 is 14.3 Å². The van der Waals surface area contributed by atoms with Crippen molar-refractivity contribution in [2.75, 3.05) is 20.2 Å². The largest absolute Gasteiger partial charge is 0.453 e. The number of carbonyl (C=O) groups excluding carboxylic acids is 2. The fourth-order valence-electron chi connectivity index (χ4n) is 0.878. The first-order valence-corrected chi connectivity index (χ1v) is 4.72. The number of rotatable bonds is 6. The van der Waals surface area contributed by atoms with Crippen LogP contribution in [0.4, 0.5) is 4.79 Å². The summed E-state index contributed by atoms with van der Waals surface area (Å²) in [5, 5.41) is 5.09. The lowest BCUT2D eigenvalue weighted by Crippen LogP contribution is -2.34. The van der Waals surface area contributed by atoms with Gasteiger partial charge in [0.1, 0.15) is 0 Å². The van der Waals surface area contributed by atoms with Gasteiger partial charge >= 0.3 is 6.09 Å². The lowest BCUT2D eigenvalue weighted by atomic mass is 10.2. The number of hydrogen-bond acceptors (Lipinski definition) is 3. The van der Waals surface area contributed by atoms with E-state index in [1.165, 1.54) is 7.11 Å². The molecule has 0 atom stereocenters. The molecule has 0 aliphatic heterocycles. The lowest BCUT2D eigenvalue weighted by molar-refractivity contribution is -0.121. The normalized spacial score (nSPS) is 8.80. The number of ether oxygens (including phenoxy) is 1. The summed E-state index contributed by atoms with van der Waals surface area (Å²) >= 11 is 0. The Morgan fingerprint density at radius 1 is 1.33 bits per heavy atom. The minimum Gasteiger partial charge on any atom is -0.453 e. The van der Waals surface area contributed by atoms with E-state index < -0.39 is 6.09 Å². The molecule has 0 unspecified atom stereocenters. The number of carbonyl (C=O) groups is 2. The van der Waals surface area contributed by atoms with E-state index >= 15 is 0 Å². The molecule has 0 bridgehead atoms. The number of unbranched alkanes of at least 4 members (excludes halogenated alkanes) is 1. The van der Waals surface area contributed by atoms with Gasteiger partial charge in [0.2, 0.25) is 5.91 Å². The van der Waals surface area contributed by atoms with Crippen LogP contribution in [0.2, 0.25) is 0 Å². The molecular formula is C10H16N2O3. The van der Waals surface area contributed by atoms with Gasteiger partial charge in [-0.1, -0.05) is 0 Å². The molecule has 5 heteroatoms. The molecule has 84 valence electrons. The summed E-state index contributed by atoms with van der Waals surface area (Å²) in [7, 11) is 1.29. The van der Waals surface area contributed by atoms with Crippen LogP contribution in [0.15, 0.2) is 0 Å². The summed E-state index contributed by atoms with van der Waals surface area (Å²) < 4.78 is 4.35. The minimum absolute atomic E-state index is 0.0584. The molecule has 0 aromatic rings. The Bertz CT molecular complexity index is 246. The van der Waals surface area contributed by atoms with Gasteiger partial charge in [-0.25, -0.2) is 4.79 Å². The molecule has 0 saturated carbocycles. The van der Waals surface area contributed by atoms with Crippen LogP contribution >= 0.6 is 0 Å². The molecule has 0 rings (SSSR count). The highest BCUT2D eigenvalue weighted by Gasteiger charge is 2.00. The highest BCUT2D eigenvalue weighted by molar-refractivity contribution is 5.75. The van der Waals surface area contributed by atoms with Gasteiger partial charge in [-0.05, 0) is 6.42 Å². The van der Waals surface area contributed by atoms with Crippen molar-refractivity contribution in [1.82, 2.24) is 10.6 Å². The van der Waals surface area contributed by atoms with E-state index in [1.54, 1.807) is 0 Å². The molecule has 0 aromatic heterocycles. The molecule has 0 radical (unpaired) electrons. The van der Waals surface area contributed by atoms with E-state index in [-0.39, 0.29) is 5.91 Å². The van der Waals surface area contributed by atoms with Gasteiger partial charge in [0.25, 0.3) is 0 Å². The lowest BCUT2D eigenvalue weighted by Gasteiger charge is -2.05. The van der Waals surface area contributed by atoms with Crippen LogP contribution in [0.25, 0.3) is 0 Å². The quantitative estimate of drug-likeness (QED) is 0.490. The number of hydrogen-bond donors (Lipinski definition) is 2. The monoisotopic (exact) mass is 212 g/mol. The molecule has 0 aliphatic carbocycles. The molecule has 0 fully saturated rings. The number of terminal acetylenes is 1. The van der Waals surface area contributed by atoms with Crippen LogP contribution in [-0.2, 0) is 9.53 Å². The second kappa shape index (κ2) is 8.88. The summed E-state index contributed by atoms with van der Waals surface area (Å²) in [5.41, 5.74) is 0. The summed E-state index contributed by atoms with van der Waals surface area (Å²) in [6.45, 7) is 0.748. The van der Waals surface area contributed by atoms with Crippen LogP contribution in [-0.4, -0.2) is 32.2 Å². The molecule has 15 heavy (non-hydrogen) atoms. The summed E-state index contributed by atoms with van der Waals surface area (Å²) in [6.07, 6.45) is 6.25. The second-order valence-corrected chi connectivity index (χ2v) is 2.83. The van der Waals surface area contributed by atoms with Crippen molar-refractivity contribution in [2.24, 2.45) is 0 Å². The highest BCUT2D eigenvalue weighted by atomic mass is 16.5. The maximum Gasteiger partial charge on any atom is 0.406 e. The van der Waals surface area contributed by atoms with Crippen molar-refractivity contribution in [3.8, 4) is 12.3 Å². The third-order valence-corrected chi connectivity index (χ3v) is 1.63. The van der Waals surface area contributed by atoms with E-state index in [1.807, 2.05) is 0 Å². The van der Waals surface area contributed by atoms with Crippen LogP contribution in [0.3, 0.4) is 0 Å². The minimum atomic E-state index is -0.503. The number of alkyl carbamates (subject to hydrolysis) is 1. The summed E-state index contributed by atoms with van der Waals surface area (Å²) in [5.74, 6) is 2.40. The zero-order valence-electron chi connectivity index (χ0n) is 8.84. The van der Waals surface area contributed by atoms with Gasteiger partial charge in [-0.2, -0.15) is 0 Å². The van der Waals surface area contributed by atoms with Gasteiger partial charge in [0.15, 0.2) is 0 Å². The van der Waals surface area contributed by atoms with E-state index in [9.17, 15) is 9.59 Å². The fourth-order valence-corrected chi connectivity index (χ4v) is 0.878. The number of nitrogens with one attached hydrogen (secondary N) is 2. The van der Waals surface area contributed by atoms with Gasteiger partial charge < -0.3 is 15.4 Å². The van der Waals surface area contributed by atoms with Crippen LogP contribution in [0, 0.1) is 12.3 Å². The standard InChI is InChI=1S/C10H16N2O3/c1-3-4-5-6-9(13)11-7-8-12-10(14)15-2/h1H,4-8H2,2H3,(H,11,13)(H,12,14). The molecule has 2 N–H and O–H groups in total. The predicted octanol–water partition coefficient (Wildman–Crippen LogP) is 0.262. The molecule has 0 spiro atoms. The first kappa shape index (κ1) is 13.3. The fraction of sp³-hybridized carbons (Fsp3) is 0.600. The summed E-state index contributed by atoms with van der Waals surface area (Å²) in [6, 6.07) is 0. The van der Waals surface area contributed by atoms with Crippen molar-refractivity contribution >= 4 is 12.0 Å². The topological polar surface area (TPSA) is 67.4 Å². The van der Waals surface area contributed by atoms with Crippen LogP contribution < -0.4 is 10.6 Å². The Balaban J connectivity index is 3.32. The third kappa shape index (κ3) is 8.63. The Kier molecular flexibility index (Phi) is 7.87. The van der Waals surface area contributed by atoms with E-state index in [4.69, 9.17) is 6.42 Å². The second-order valence-electron chi connectivity index (χ2n) is 2.83. The van der Waals surface area contributed by atoms with Crippen LogP contribution in [0.1, 0.15) is 19.3 Å². The van der Waals surface area contributed by atoms with Crippen molar-refractivity contribution in [2.45, 2.75) is 19.3 Å². The van der Waals surface area contributed by atoms with Gasteiger partial charge in [-0.3, -0.25) is 4.79 Å². The van der Waals surface area contributed by atoms with Gasteiger partial charge in [0, 0.05) is 25.9 Å². The molecule has 0 aliphatic rings. The Labute approximate surface area is 89.6 Å². The Morgan fingerprint density at radius 3 is 2.60 bits per heavy atom.